The van der Waals surface area contributed by atoms with Crippen molar-refractivity contribution in [3.63, 3.8) is 0 Å². The predicted molar refractivity (Wildman–Crippen MR) is 95.0 cm³/mol. The van der Waals surface area contributed by atoms with Crippen LogP contribution in [-0.4, -0.2) is 36.2 Å². The van der Waals surface area contributed by atoms with Crippen molar-refractivity contribution in [2.45, 2.75) is 12.5 Å². The van der Waals surface area contributed by atoms with E-state index in [9.17, 15) is 14.4 Å². The molecule has 2 aromatic rings. The summed E-state index contributed by atoms with van der Waals surface area (Å²) in [5.74, 6) is -0.321. The van der Waals surface area contributed by atoms with Gasteiger partial charge in [-0.05, 0) is 12.0 Å². The highest BCUT2D eigenvalue weighted by atomic mass is 16.5. The van der Waals surface area contributed by atoms with Crippen molar-refractivity contribution in [3.8, 4) is 0 Å². The maximum absolute atomic E-state index is 13.2. The summed E-state index contributed by atoms with van der Waals surface area (Å²) in [5.41, 5.74) is 2.50. The Bertz CT molecular complexity index is 945. The maximum atomic E-state index is 13.2. The van der Waals surface area contributed by atoms with Gasteiger partial charge in [0.05, 0.1) is 13.2 Å². The first-order chi connectivity index (χ1) is 12.6. The van der Waals surface area contributed by atoms with Gasteiger partial charge in [0, 0.05) is 28.8 Å². The lowest BCUT2D eigenvalue weighted by Gasteiger charge is -2.39. The highest BCUT2D eigenvalue weighted by Crippen LogP contribution is 2.42. The van der Waals surface area contributed by atoms with Crippen molar-refractivity contribution < 1.29 is 19.1 Å². The molecule has 1 aliphatic heterocycles. The van der Waals surface area contributed by atoms with E-state index in [1.54, 1.807) is 24.3 Å². The van der Waals surface area contributed by atoms with E-state index in [0.29, 0.717) is 35.2 Å². The Labute approximate surface area is 150 Å². The lowest BCUT2D eigenvalue weighted by molar-refractivity contribution is 0.0877. The van der Waals surface area contributed by atoms with Gasteiger partial charge in [-0.1, -0.05) is 54.6 Å². The smallest absolute Gasteiger partial charge is 0.410 e. The number of hydrogen-bond donors (Lipinski definition) is 0. The maximum Gasteiger partial charge on any atom is 0.410 e. The zero-order valence-electron chi connectivity index (χ0n) is 14.3. The monoisotopic (exact) mass is 347 g/mol. The zero-order valence-corrected chi connectivity index (χ0v) is 14.3. The number of benzene rings is 2. The fourth-order valence-electron chi connectivity index (χ4n) is 3.80. The van der Waals surface area contributed by atoms with Gasteiger partial charge in [-0.3, -0.25) is 14.5 Å². The Kier molecular flexibility index (Phi) is 3.92. The summed E-state index contributed by atoms with van der Waals surface area (Å²) in [4.78, 5) is 40.1. The van der Waals surface area contributed by atoms with E-state index in [4.69, 9.17) is 4.74 Å². The van der Waals surface area contributed by atoms with Crippen LogP contribution in [0.5, 0.6) is 0 Å². The highest BCUT2D eigenvalue weighted by molar-refractivity contribution is 6.27. The second-order valence-electron chi connectivity index (χ2n) is 6.32. The molecule has 0 saturated heterocycles. The van der Waals surface area contributed by atoms with Gasteiger partial charge in [-0.15, -0.1) is 0 Å². The van der Waals surface area contributed by atoms with E-state index in [1.807, 2.05) is 30.3 Å². The van der Waals surface area contributed by atoms with Crippen LogP contribution in [-0.2, 0) is 4.74 Å². The molecule has 0 spiro atoms. The standard InChI is InChI=1S/C21H17NO4/c1-26-21(25)22-12-11-16-17(18(22)13-7-3-2-4-8-13)20(24)15-10-6-5-9-14(15)19(16)23/h2-10,18H,11-12H2,1H3. The molecule has 4 rings (SSSR count). The van der Waals surface area contributed by atoms with Crippen molar-refractivity contribution in [2.24, 2.45) is 0 Å². The Hall–Kier alpha value is -3.21. The van der Waals surface area contributed by atoms with Gasteiger partial charge < -0.3 is 4.74 Å². The second kappa shape index (κ2) is 6.26. The van der Waals surface area contributed by atoms with Crippen LogP contribution < -0.4 is 0 Å². The second-order valence-corrected chi connectivity index (χ2v) is 6.32. The van der Waals surface area contributed by atoms with E-state index in [0.717, 1.165) is 5.56 Å². The minimum Gasteiger partial charge on any atom is -0.453 e. The molecular weight excluding hydrogens is 330 g/mol. The molecule has 2 aliphatic rings. The number of carbonyl (C=O) groups excluding carboxylic acids is 3. The lowest BCUT2D eigenvalue weighted by Crippen LogP contribution is -2.44. The van der Waals surface area contributed by atoms with E-state index in [1.165, 1.54) is 12.0 Å². The van der Waals surface area contributed by atoms with Crippen LogP contribution in [0.3, 0.4) is 0 Å². The van der Waals surface area contributed by atoms with Crippen LogP contribution in [0.4, 0.5) is 4.79 Å². The number of carbonyl (C=O) groups is 3. The molecular formula is C21H17NO4. The lowest BCUT2D eigenvalue weighted by atomic mass is 9.76. The molecule has 5 nitrogen and oxygen atoms in total. The van der Waals surface area contributed by atoms with Crippen LogP contribution in [0, 0.1) is 0 Å². The zero-order chi connectivity index (χ0) is 18.3. The van der Waals surface area contributed by atoms with Crippen LogP contribution >= 0.6 is 0 Å². The molecule has 130 valence electrons. The number of amides is 1. The van der Waals surface area contributed by atoms with Gasteiger partial charge >= 0.3 is 6.09 Å². The molecule has 0 N–H and O–H groups in total. The van der Waals surface area contributed by atoms with Gasteiger partial charge in [-0.2, -0.15) is 0 Å². The molecule has 26 heavy (non-hydrogen) atoms. The summed E-state index contributed by atoms with van der Waals surface area (Å²) < 4.78 is 4.92. The summed E-state index contributed by atoms with van der Waals surface area (Å²) >= 11 is 0. The number of ether oxygens (including phenoxy) is 1. The number of Topliss-reactive ketones (excluding diaryl/α,β-unsaturated/α-hetero) is 2. The third-order valence-electron chi connectivity index (χ3n) is 4.97. The van der Waals surface area contributed by atoms with Gasteiger partial charge in [0.2, 0.25) is 0 Å². The largest absolute Gasteiger partial charge is 0.453 e. The first-order valence-electron chi connectivity index (χ1n) is 8.44. The molecule has 1 aliphatic carbocycles. The molecule has 0 aromatic heterocycles. The first-order valence-corrected chi connectivity index (χ1v) is 8.44. The van der Waals surface area contributed by atoms with Crippen molar-refractivity contribution in [2.75, 3.05) is 13.7 Å². The average Bonchev–Trinajstić information content (AvgIpc) is 2.71. The predicted octanol–water partition coefficient (Wildman–Crippen LogP) is 3.58. The minimum absolute atomic E-state index is 0.124. The van der Waals surface area contributed by atoms with E-state index >= 15 is 0 Å². The van der Waals surface area contributed by atoms with E-state index < -0.39 is 12.1 Å². The van der Waals surface area contributed by atoms with Gasteiger partial charge in [0.15, 0.2) is 11.6 Å². The van der Waals surface area contributed by atoms with Crippen LogP contribution in [0.2, 0.25) is 0 Å². The summed E-state index contributed by atoms with van der Waals surface area (Å²) in [6.45, 7) is 0.326. The van der Waals surface area contributed by atoms with E-state index in [-0.39, 0.29) is 11.6 Å². The molecule has 2 aromatic carbocycles. The fourth-order valence-corrected chi connectivity index (χ4v) is 3.80. The summed E-state index contributed by atoms with van der Waals surface area (Å²) in [5, 5.41) is 0. The van der Waals surface area contributed by atoms with Crippen molar-refractivity contribution in [1.29, 1.82) is 0 Å². The Morgan fingerprint density at radius 1 is 0.962 bits per heavy atom. The van der Waals surface area contributed by atoms with Crippen LogP contribution in [0.15, 0.2) is 65.7 Å². The molecule has 5 heteroatoms. The van der Waals surface area contributed by atoms with Gasteiger partial charge in [0.1, 0.15) is 0 Å². The van der Waals surface area contributed by atoms with E-state index in [2.05, 4.69) is 0 Å². The molecule has 0 fully saturated rings. The van der Waals surface area contributed by atoms with Gasteiger partial charge in [-0.25, -0.2) is 4.79 Å². The topological polar surface area (TPSA) is 63.7 Å². The number of rotatable bonds is 1. The summed E-state index contributed by atoms with van der Waals surface area (Å²) in [7, 11) is 1.32. The van der Waals surface area contributed by atoms with Crippen LogP contribution in [0.1, 0.15) is 38.7 Å². The first kappa shape index (κ1) is 16.3. The van der Waals surface area contributed by atoms with Crippen LogP contribution in [0.25, 0.3) is 0 Å². The van der Waals surface area contributed by atoms with Crippen molar-refractivity contribution in [1.82, 2.24) is 4.90 Å². The molecule has 1 atom stereocenters. The number of fused-ring (bicyclic) bond motifs is 1. The number of ketones is 2. The Morgan fingerprint density at radius 3 is 2.23 bits per heavy atom. The Morgan fingerprint density at radius 2 is 1.58 bits per heavy atom. The Balaban J connectivity index is 1.92. The third-order valence-corrected chi connectivity index (χ3v) is 4.97. The molecule has 1 amide bonds. The molecule has 0 radical (unpaired) electrons. The SMILES string of the molecule is COC(=O)N1CCC2=C(C(=O)c3ccccc3C2=O)C1c1ccccc1. The average molecular weight is 347 g/mol. The molecule has 1 heterocycles. The number of hydrogen-bond acceptors (Lipinski definition) is 4. The summed E-state index contributed by atoms with van der Waals surface area (Å²) in [6.07, 6.45) is -0.170. The normalized spacial score (nSPS) is 19.1. The van der Waals surface area contributed by atoms with Crippen molar-refractivity contribution >= 4 is 17.7 Å². The molecule has 1 unspecified atom stereocenters. The number of nitrogens with zero attached hydrogens (tertiary/aromatic N) is 1. The molecule has 0 saturated carbocycles. The number of methoxy groups -OCH3 is 1. The fraction of sp³-hybridized carbons (Fsp3) is 0.190. The summed E-state index contributed by atoms with van der Waals surface area (Å²) in [6, 6.07) is 15.5. The van der Waals surface area contributed by atoms with Gasteiger partial charge in [0.25, 0.3) is 0 Å². The quantitative estimate of drug-likeness (QED) is 0.791. The third kappa shape index (κ3) is 2.36. The molecule has 0 bridgehead atoms. The highest BCUT2D eigenvalue weighted by Gasteiger charge is 2.43. The van der Waals surface area contributed by atoms with Crippen molar-refractivity contribution in [3.05, 3.63) is 82.4 Å². The minimum atomic E-state index is -0.628.